The van der Waals surface area contributed by atoms with Crippen molar-refractivity contribution in [1.82, 2.24) is 0 Å². The van der Waals surface area contributed by atoms with Crippen LogP contribution in [0.1, 0.15) is 26.7 Å². The van der Waals surface area contributed by atoms with Crippen LogP contribution in [-0.2, 0) is 4.79 Å². The van der Waals surface area contributed by atoms with Gasteiger partial charge in [-0.3, -0.25) is 4.79 Å². The van der Waals surface area contributed by atoms with Crippen LogP contribution in [0.25, 0.3) is 0 Å². The second-order valence-electron chi connectivity index (χ2n) is 4.65. The highest BCUT2D eigenvalue weighted by Gasteiger charge is 2.39. The first-order valence-electron chi connectivity index (χ1n) is 5.18. The fraction of sp³-hybridized carbons (Fsp3) is 0.583. The Morgan fingerprint density at radius 1 is 1.57 bits per heavy atom. The third-order valence-corrected chi connectivity index (χ3v) is 3.50. The van der Waals surface area contributed by atoms with Crippen LogP contribution in [0.4, 0.5) is 0 Å². The molecule has 0 heterocycles. The monoisotopic (exact) mass is 192 g/mol. The van der Waals surface area contributed by atoms with Gasteiger partial charge in [-0.15, -0.1) is 0 Å². The summed E-state index contributed by atoms with van der Waals surface area (Å²) in [5.74, 6) is 0.00687. The maximum atomic E-state index is 11.2. The first kappa shape index (κ1) is 9.50. The lowest BCUT2D eigenvalue weighted by Gasteiger charge is -2.30. The first-order chi connectivity index (χ1) is 6.54. The number of rotatable bonds is 2. The van der Waals surface area contributed by atoms with E-state index in [1.807, 2.05) is 26.0 Å². The molecule has 2 aliphatic rings. The topological polar surface area (TPSA) is 37.3 Å². The zero-order valence-corrected chi connectivity index (χ0v) is 8.66. The largest absolute Gasteiger partial charge is 0.481 e. The highest BCUT2D eigenvalue weighted by atomic mass is 16.4. The summed E-state index contributed by atoms with van der Waals surface area (Å²) in [4.78, 5) is 11.2. The number of aliphatic carboxylic acids is 1. The smallest absolute Gasteiger partial charge is 0.313 e. The highest BCUT2D eigenvalue weighted by Crippen LogP contribution is 2.44. The molecule has 14 heavy (non-hydrogen) atoms. The number of carboxylic acid groups (broad SMARTS) is 1. The maximum absolute atomic E-state index is 11.2. The van der Waals surface area contributed by atoms with E-state index in [0.717, 1.165) is 0 Å². The third kappa shape index (κ3) is 1.39. The van der Waals surface area contributed by atoms with E-state index >= 15 is 0 Å². The zero-order chi connectivity index (χ0) is 10.3. The molecule has 0 bridgehead atoms. The number of hydrogen-bond donors (Lipinski definition) is 1. The SMILES string of the molecule is CC1C=CC(C2CC2)=CC1(C)C(=O)O. The molecule has 0 aromatic heterocycles. The van der Waals surface area contributed by atoms with Gasteiger partial charge in [0.1, 0.15) is 0 Å². The van der Waals surface area contributed by atoms with E-state index in [0.29, 0.717) is 5.92 Å². The van der Waals surface area contributed by atoms with Gasteiger partial charge in [-0.2, -0.15) is 0 Å². The summed E-state index contributed by atoms with van der Waals surface area (Å²) in [5, 5.41) is 9.21. The molecule has 0 aromatic carbocycles. The van der Waals surface area contributed by atoms with Crippen LogP contribution in [0.3, 0.4) is 0 Å². The van der Waals surface area contributed by atoms with Crippen LogP contribution in [0.5, 0.6) is 0 Å². The molecule has 2 aliphatic carbocycles. The lowest BCUT2D eigenvalue weighted by Crippen LogP contribution is -2.33. The molecule has 0 saturated heterocycles. The zero-order valence-electron chi connectivity index (χ0n) is 8.66. The van der Waals surface area contributed by atoms with Crippen LogP contribution >= 0.6 is 0 Å². The molecule has 1 N–H and O–H groups in total. The normalized spacial score (nSPS) is 36.7. The molecule has 0 aliphatic heterocycles. The van der Waals surface area contributed by atoms with Crippen molar-refractivity contribution in [3.05, 3.63) is 23.8 Å². The van der Waals surface area contributed by atoms with E-state index in [-0.39, 0.29) is 5.92 Å². The van der Waals surface area contributed by atoms with E-state index in [9.17, 15) is 9.90 Å². The minimum atomic E-state index is -0.715. The number of carboxylic acids is 1. The van der Waals surface area contributed by atoms with Crippen molar-refractivity contribution in [2.45, 2.75) is 26.7 Å². The molecule has 76 valence electrons. The predicted molar refractivity (Wildman–Crippen MR) is 54.9 cm³/mol. The standard InChI is InChI=1S/C12H16O2/c1-8-3-4-10(9-5-6-9)7-12(8,2)11(13)14/h3-4,7-9H,5-6H2,1-2H3,(H,13,14). The van der Waals surface area contributed by atoms with E-state index in [1.54, 1.807) is 0 Å². The van der Waals surface area contributed by atoms with Crippen LogP contribution in [0, 0.1) is 17.3 Å². The molecule has 2 atom stereocenters. The Balaban J connectivity index is 2.31. The molecule has 2 heteroatoms. The summed E-state index contributed by atoms with van der Waals surface area (Å²) in [6.07, 6.45) is 8.53. The van der Waals surface area contributed by atoms with Gasteiger partial charge >= 0.3 is 5.97 Å². The summed E-state index contributed by atoms with van der Waals surface area (Å²) in [5.41, 5.74) is 0.528. The van der Waals surface area contributed by atoms with Gasteiger partial charge in [-0.1, -0.05) is 25.2 Å². The Hall–Kier alpha value is -1.05. The fourth-order valence-electron chi connectivity index (χ4n) is 1.91. The number of carbonyl (C=O) groups is 1. The van der Waals surface area contributed by atoms with Crippen LogP contribution < -0.4 is 0 Å². The summed E-state index contributed by atoms with van der Waals surface area (Å²) in [6.45, 7) is 3.77. The predicted octanol–water partition coefficient (Wildman–Crippen LogP) is 2.62. The lowest BCUT2D eigenvalue weighted by molar-refractivity contribution is -0.146. The third-order valence-electron chi connectivity index (χ3n) is 3.50. The molecule has 1 fully saturated rings. The van der Waals surface area contributed by atoms with Crippen LogP contribution in [0.2, 0.25) is 0 Å². The van der Waals surface area contributed by atoms with Crippen molar-refractivity contribution in [2.75, 3.05) is 0 Å². The molecule has 2 rings (SSSR count). The van der Waals surface area contributed by atoms with Crippen LogP contribution in [0.15, 0.2) is 23.8 Å². The lowest BCUT2D eigenvalue weighted by atomic mass is 9.73. The van der Waals surface area contributed by atoms with Gasteiger partial charge in [0.15, 0.2) is 0 Å². The van der Waals surface area contributed by atoms with E-state index in [2.05, 4.69) is 6.08 Å². The Labute approximate surface area is 84.3 Å². The van der Waals surface area contributed by atoms with Crippen molar-refractivity contribution in [1.29, 1.82) is 0 Å². The van der Waals surface area contributed by atoms with Gasteiger partial charge < -0.3 is 5.11 Å². The quantitative estimate of drug-likeness (QED) is 0.730. The Morgan fingerprint density at radius 3 is 2.71 bits per heavy atom. The second kappa shape index (κ2) is 2.97. The molecular formula is C12H16O2. The van der Waals surface area contributed by atoms with E-state index in [1.165, 1.54) is 18.4 Å². The van der Waals surface area contributed by atoms with E-state index < -0.39 is 11.4 Å². The summed E-state index contributed by atoms with van der Waals surface area (Å²) in [7, 11) is 0. The molecule has 0 spiro atoms. The summed E-state index contributed by atoms with van der Waals surface area (Å²) >= 11 is 0. The Kier molecular flexibility index (Phi) is 2.02. The van der Waals surface area contributed by atoms with Gasteiger partial charge in [-0.25, -0.2) is 0 Å². The van der Waals surface area contributed by atoms with Crippen LogP contribution in [-0.4, -0.2) is 11.1 Å². The molecule has 0 amide bonds. The average molecular weight is 192 g/mol. The first-order valence-corrected chi connectivity index (χ1v) is 5.18. The van der Waals surface area contributed by atoms with Gasteiger partial charge in [0.05, 0.1) is 5.41 Å². The molecule has 0 radical (unpaired) electrons. The van der Waals surface area contributed by atoms with E-state index in [4.69, 9.17) is 0 Å². The van der Waals surface area contributed by atoms with Crippen molar-refractivity contribution in [3.63, 3.8) is 0 Å². The fourth-order valence-corrected chi connectivity index (χ4v) is 1.91. The molecular weight excluding hydrogens is 176 g/mol. The Bertz CT molecular complexity index is 323. The minimum Gasteiger partial charge on any atom is -0.481 e. The summed E-state index contributed by atoms with van der Waals surface area (Å²) < 4.78 is 0. The minimum absolute atomic E-state index is 0.0856. The molecule has 0 aromatic rings. The van der Waals surface area contributed by atoms with Gasteiger partial charge in [0, 0.05) is 0 Å². The van der Waals surface area contributed by atoms with Crippen molar-refractivity contribution in [2.24, 2.45) is 17.3 Å². The molecule has 1 saturated carbocycles. The highest BCUT2D eigenvalue weighted by molar-refractivity contribution is 5.78. The van der Waals surface area contributed by atoms with Gasteiger partial charge in [0.25, 0.3) is 0 Å². The average Bonchev–Trinajstić information content (AvgIpc) is 2.92. The van der Waals surface area contributed by atoms with Gasteiger partial charge in [0.2, 0.25) is 0 Å². The van der Waals surface area contributed by atoms with Crippen molar-refractivity contribution in [3.8, 4) is 0 Å². The van der Waals surface area contributed by atoms with Gasteiger partial charge in [-0.05, 0) is 37.2 Å². The Morgan fingerprint density at radius 2 is 2.21 bits per heavy atom. The summed E-state index contributed by atoms with van der Waals surface area (Å²) in [6, 6.07) is 0. The molecule has 2 unspecified atom stereocenters. The second-order valence-corrected chi connectivity index (χ2v) is 4.65. The maximum Gasteiger partial charge on any atom is 0.313 e. The number of hydrogen-bond acceptors (Lipinski definition) is 1. The molecule has 2 nitrogen and oxygen atoms in total. The number of allylic oxidation sites excluding steroid dienone is 3. The van der Waals surface area contributed by atoms with Crippen molar-refractivity contribution < 1.29 is 9.90 Å². The van der Waals surface area contributed by atoms with Crippen molar-refractivity contribution >= 4 is 5.97 Å².